The average molecular weight is 547 g/mol. The van der Waals surface area contributed by atoms with Crippen LogP contribution < -0.4 is 0 Å². The number of carbonyl (C=O) groups excluding carboxylic acids is 1. The minimum absolute atomic E-state index is 0.0190. The van der Waals surface area contributed by atoms with Gasteiger partial charge in [-0.1, -0.05) is 62.7 Å². The van der Waals surface area contributed by atoms with E-state index >= 15 is 0 Å². The highest BCUT2D eigenvalue weighted by atomic mass is 79.9. The molecule has 1 aliphatic rings. The van der Waals surface area contributed by atoms with Gasteiger partial charge in [0.05, 0.1) is 12.4 Å². The number of aryl methyl sites for hydroxylation is 1. The fourth-order valence-electron chi connectivity index (χ4n) is 5.04. The van der Waals surface area contributed by atoms with Gasteiger partial charge < -0.3 is 14.1 Å². The van der Waals surface area contributed by atoms with Crippen molar-refractivity contribution in [3.8, 4) is 0 Å². The summed E-state index contributed by atoms with van der Waals surface area (Å²) in [6, 6.07) is 6.17. The summed E-state index contributed by atoms with van der Waals surface area (Å²) in [6.45, 7) is 21.4. The Labute approximate surface area is 214 Å². The second-order valence-corrected chi connectivity index (χ2v) is 17.7. The van der Waals surface area contributed by atoms with Gasteiger partial charge in [-0.2, -0.15) is 0 Å². The van der Waals surface area contributed by atoms with E-state index in [0.29, 0.717) is 12.0 Å². The molecule has 2 aromatic rings. The Hall–Kier alpha value is -1.63. The number of halogens is 1. The zero-order chi connectivity index (χ0) is 25.9. The van der Waals surface area contributed by atoms with Gasteiger partial charge in [0.2, 0.25) is 0 Å². The van der Waals surface area contributed by atoms with Crippen LogP contribution in [0, 0.1) is 11.3 Å². The number of aliphatic hydroxyl groups is 1. The molecule has 0 saturated heterocycles. The first-order valence-electron chi connectivity index (χ1n) is 12.0. The maximum Gasteiger partial charge on any atom is 0.192 e. The van der Waals surface area contributed by atoms with Gasteiger partial charge in [0, 0.05) is 50.9 Å². The van der Waals surface area contributed by atoms with Crippen LogP contribution in [0.25, 0.3) is 10.9 Å². The van der Waals surface area contributed by atoms with Crippen LogP contribution in [0.2, 0.25) is 18.1 Å². The molecule has 1 saturated carbocycles. The molecule has 4 nitrogen and oxygen atoms in total. The first-order valence-corrected chi connectivity index (χ1v) is 15.7. The van der Waals surface area contributed by atoms with Crippen molar-refractivity contribution in [3.05, 3.63) is 58.9 Å². The molecule has 0 aliphatic heterocycles. The summed E-state index contributed by atoms with van der Waals surface area (Å²) >= 11 is 3.74. The van der Waals surface area contributed by atoms with E-state index < -0.39 is 19.1 Å². The molecule has 1 heterocycles. The fourth-order valence-corrected chi connectivity index (χ4v) is 7.01. The lowest BCUT2D eigenvalue weighted by Gasteiger charge is -2.51. The number of aromatic nitrogens is 1. The lowest BCUT2D eigenvalue weighted by molar-refractivity contribution is -0.127. The van der Waals surface area contributed by atoms with E-state index in [-0.39, 0.29) is 22.8 Å². The van der Waals surface area contributed by atoms with Crippen molar-refractivity contribution >= 4 is 40.9 Å². The standard InChI is InChI=1S/C28H40BrNO3Si/c1-11-28(7)20(17-31)25(32)18(15-23(28)33-34(9,10)26(2,3)4)27(5,6)19-16-30(8)22-14-12-13-21(29)24(19)22/h11-14,16-18,23,31H,1,15H2,2-10H3/b20-17-/t18-,23-,28-/m0/s1. The van der Waals surface area contributed by atoms with Crippen LogP contribution in [0.4, 0.5) is 0 Å². The number of benzene rings is 1. The predicted molar refractivity (Wildman–Crippen MR) is 148 cm³/mol. The summed E-state index contributed by atoms with van der Waals surface area (Å²) in [5, 5.41) is 11.4. The number of rotatable bonds is 5. The number of hydrogen-bond donors (Lipinski definition) is 1. The molecule has 0 radical (unpaired) electrons. The summed E-state index contributed by atoms with van der Waals surface area (Å²) in [6.07, 6.45) is 5.22. The lowest BCUT2D eigenvalue weighted by Crippen LogP contribution is -2.55. The molecule has 1 aliphatic carbocycles. The van der Waals surface area contributed by atoms with E-state index in [1.165, 1.54) is 0 Å². The maximum absolute atomic E-state index is 13.9. The molecule has 0 bridgehead atoms. The Bertz CT molecular complexity index is 1150. The van der Waals surface area contributed by atoms with Crippen LogP contribution in [0.5, 0.6) is 0 Å². The van der Waals surface area contributed by atoms with Gasteiger partial charge in [-0.25, -0.2) is 0 Å². The Morgan fingerprint density at radius 2 is 1.88 bits per heavy atom. The van der Waals surface area contributed by atoms with Crippen LogP contribution in [0.1, 0.15) is 53.5 Å². The molecule has 186 valence electrons. The average Bonchev–Trinajstić information content (AvgIpc) is 3.08. The van der Waals surface area contributed by atoms with E-state index in [1.807, 2.05) is 26.1 Å². The number of Topliss-reactive ketones (excluding diaryl/α,β-unsaturated/α-hetero) is 1. The highest BCUT2D eigenvalue weighted by molar-refractivity contribution is 9.10. The first kappa shape index (κ1) is 27.0. The highest BCUT2D eigenvalue weighted by Gasteiger charge is 2.54. The maximum atomic E-state index is 13.9. The monoisotopic (exact) mass is 545 g/mol. The molecule has 0 spiro atoms. The summed E-state index contributed by atoms with van der Waals surface area (Å²) in [4.78, 5) is 13.9. The molecule has 3 rings (SSSR count). The van der Waals surface area contributed by atoms with Crippen LogP contribution in [-0.2, 0) is 21.7 Å². The van der Waals surface area contributed by atoms with Crippen molar-refractivity contribution in [1.82, 2.24) is 4.57 Å². The van der Waals surface area contributed by atoms with Crippen molar-refractivity contribution in [3.63, 3.8) is 0 Å². The van der Waals surface area contributed by atoms with Crippen molar-refractivity contribution in [2.24, 2.45) is 18.4 Å². The van der Waals surface area contributed by atoms with Gasteiger partial charge in [0.15, 0.2) is 14.1 Å². The molecular formula is C28H40BrNO3Si. The fraction of sp³-hybridized carbons (Fsp3) is 0.536. The number of carbonyl (C=O) groups is 1. The minimum Gasteiger partial charge on any atom is -0.515 e. The lowest BCUT2D eigenvalue weighted by atomic mass is 9.58. The number of aliphatic hydroxyl groups excluding tert-OH is 1. The van der Waals surface area contributed by atoms with Crippen molar-refractivity contribution < 1.29 is 14.3 Å². The van der Waals surface area contributed by atoms with E-state index in [1.54, 1.807) is 6.08 Å². The van der Waals surface area contributed by atoms with E-state index in [0.717, 1.165) is 27.2 Å². The Balaban J connectivity index is 2.17. The molecule has 1 aromatic carbocycles. The van der Waals surface area contributed by atoms with Gasteiger partial charge >= 0.3 is 0 Å². The molecule has 0 amide bonds. The molecule has 3 atom stereocenters. The second kappa shape index (κ2) is 8.79. The van der Waals surface area contributed by atoms with Crippen LogP contribution in [0.3, 0.4) is 0 Å². The Morgan fingerprint density at radius 3 is 2.41 bits per heavy atom. The molecule has 1 aromatic heterocycles. The molecular weight excluding hydrogens is 506 g/mol. The zero-order valence-corrected chi connectivity index (χ0v) is 24.7. The number of hydrogen-bond acceptors (Lipinski definition) is 3. The van der Waals surface area contributed by atoms with Crippen molar-refractivity contribution in [1.29, 1.82) is 0 Å². The van der Waals surface area contributed by atoms with Crippen molar-refractivity contribution in [2.75, 3.05) is 0 Å². The second-order valence-electron chi connectivity index (χ2n) is 12.1. The third kappa shape index (κ3) is 4.16. The summed E-state index contributed by atoms with van der Waals surface area (Å²) in [5.41, 5.74) is 1.36. The van der Waals surface area contributed by atoms with E-state index in [9.17, 15) is 9.90 Å². The van der Waals surface area contributed by atoms with Gasteiger partial charge in [0.1, 0.15) is 0 Å². The smallest absolute Gasteiger partial charge is 0.192 e. The molecule has 1 fully saturated rings. The zero-order valence-electron chi connectivity index (χ0n) is 22.1. The quantitative estimate of drug-likeness (QED) is 0.180. The van der Waals surface area contributed by atoms with Crippen LogP contribution >= 0.6 is 15.9 Å². The topological polar surface area (TPSA) is 51.5 Å². The SMILES string of the molecule is C=C[C@@]1(C)/C(=C\O)C(=O)[C@@H](C(C)(C)c2cn(C)c3cccc(Br)c23)C[C@@H]1O[Si](C)(C)C(C)(C)C. The van der Waals surface area contributed by atoms with Crippen LogP contribution in [0.15, 0.2) is 53.4 Å². The first-order chi connectivity index (χ1) is 15.5. The number of fused-ring (bicyclic) bond motifs is 1. The van der Waals surface area contributed by atoms with E-state index in [2.05, 4.69) is 87.1 Å². The largest absolute Gasteiger partial charge is 0.515 e. The summed E-state index contributed by atoms with van der Waals surface area (Å²) in [7, 11) is -0.122. The molecule has 34 heavy (non-hydrogen) atoms. The van der Waals surface area contributed by atoms with Gasteiger partial charge in [-0.05, 0) is 49.2 Å². The summed E-state index contributed by atoms with van der Waals surface area (Å²) in [5.74, 6) is -0.388. The Kier molecular flexibility index (Phi) is 6.97. The molecule has 6 heteroatoms. The Morgan fingerprint density at radius 1 is 1.26 bits per heavy atom. The normalized spacial score (nSPS) is 25.8. The van der Waals surface area contributed by atoms with Gasteiger partial charge in [0.25, 0.3) is 0 Å². The molecule has 1 N–H and O–H groups in total. The third-order valence-electron chi connectivity index (χ3n) is 8.61. The summed E-state index contributed by atoms with van der Waals surface area (Å²) < 4.78 is 10.1. The van der Waals surface area contributed by atoms with Crippen LogP contribution in [-0.4, -0.2) is 29.9 Å². The van der Waals surface area contributed by atoms with Gasteiger partial charge in [-0.3, -0.25) is 4.79 Å². The van der Waals surface area contributed by atoms with Gasteiger partial charge in [-0.15, -0.1) is 6.58 Å². The predicted octanol–water partition coefficient (Wildman–Crippen LogP) is 7.83. The van der Waals surface area contributed by atoms with E-state index in [4.69, 9.17) is 4.43 Å². The minimum atomic E-state index is -2.16. The number of nitrogens with zero attached hydrogens (tertiary/aromatic N) is 1. The number of ketones is 1. The van der Waals surface area contributed by atoms with Crippen molar-refractivity contribution in [2.45, 2.75) is 77.6 Å². The molecule has 0 unspecified atom stereocenters. The third-order valence-corrected chi connectivity index (χ3v) is 13.8. The highest BCUT2D eigenvalue weighted by Crippen LogP contribution is 2.52.